The summed E-state index contributed by atoms with van der Waals surface area (Å²) < 4.78 is 6.15. The third-order valence-electron chi connectivity index (χ3n) is 3.72. The topological polar surface area (TPSA) is 52.1 Å². The fourth-order valence-electron chi connectivity index (χ4n) is 2.17. The maximum atomic E-state index is 12.1. The Balaban J connectivity index is 1.75. The van der Waals surface area contributed by atoms with Crippen LogP contribution in [0.15, 0.2) is 59.1 Å². The molecule has 1 heterocycles. The highest BCUT2D eigenvalue weighted by atomic mass is 79.9. The number of rotatable bonds is 3. The summed E-state index contributed by atoms with van der Waals surface area (Å²) in [6.07, 6.45) is 0. The van der Waals surface area contributed by atoms with E-state index in [1.54, 1.807) is 36.4 Å². The van der Waals surface area contributed by atoms with E-state index in [1.807, 2.05) is 12.1 Å². The van der Waals surface area contributed by atoms with Crippen molar-refractivity contribution in [1.29, 1.82) is 0 Å². The molecule has 0 fully saturated rings. The Hall–Kier alpha value is -2.53. The second-order valence-electron chi connectivity index (χ2n) is 5.45. The van der Waals surface area contributed by atoms with E-state index in [2.05, 4.69) is 46.0 Å². The van der Waals surface area contributed by atoms with Gasteiger partial charge in [-0.25, -0.2) is 4.79 Å². The summed E-state index contributed by atoms with van der Waals surface area (Å²) in [6, 6.07) is 16.5. The molecule has 0 aliphatic rings. The molecule has 5 heteroatoms. The molecular weight excluding hydrogens is 368 g/mol. The predicted octanol–water partition coefficient (Wildman–Crippen LogP) is 4.74. The Morgan fingerprint density at radius 2 is 1.67 bits per heavy atom. The van der Waals surface area contributed by atoms with Gasteiger partial charge in [0.15, 0.2) is 0 Å². The molecule has 0 atom stereocenters. The summed E-state index contributed by atoms with van der Waals surface area (Å²) >= 11 is 3.33. The molecule has 0 saturated carbocycles. The molecule has 0 radical (unpaired) electrons. The normalized spacial score (nSPS) is 10.5. The van der Waals surface area contributed by atoms with E-state index in [0.717, 1.165) is 15.7 Å². The standard InChI is InChI=1S/C19H15BrN2O2/c1-12-3-4-15(11-13(12)2)17-9-10-18(22-21-17)24-19(23)14-5-7-16(20)8-6-14/h3-11H,1-2H3. The Morgan fingerprint density at radius 1 is 0.917 bits per heavy atom. The Bertz CT molecular complexity index is 875. The van der Waals surface area contributed by atoms with Crippen molar-refractivity contribution in [2.75, 3.05) is 0 Å². The van der Waals surface area contributed by atoms with Gasteiger partial charge in [0.05, 0.1) is 11.3 Å². The second-order valence-corrected chi connectivity index (χ2v) is 6.37. The van der Waals surface area contributed by atoms with Crippen molar-refractivity contribution in [2.24, 2.45) is 0 Å². The van der Waals surface area contributed by atoms with E-state index in [4.69, 9.17) is 4.74 Å². The number of esters is 1. The second kappa shape index (κ2) is 6.93. The number of hydrogen-bond acceptors (Lipinski definition) is 4. The lowest BCUT2D eigenvalue weighted by Crippen LogP contribution is -2.09. The lowest BCUT2D eigenvalue weighted by Gasteiger charge is -2.06. The van der Waals surface area contributed by atoms with Crippen LogP contribution in [0.1, 0.15) is 21.5 Å². The summed E-state index contributed by atoms with van der Waals surface area (Å²) in [5.41, 5.74) is 4.60. The molecule has 0 N–H and O–H groups in total. The number of hydrogen-bond donors (Lipinski definition) is 0. The molecule has 2 aromatic carbocycles. The smallest absolute Gasteiger partial charge is 0.344 e. The number of nitrogens with zero attached hydrogens (tertiary/aromatic N) is 2. The van der Waals surface area contributed by atoms with E-state index in [0.29, 0.717) is 5.56 Å². The lowest BCUT2D eigenvalue weighted by molar-refractivity contribution is 0.0726. The quantitative estimate of drug-likeness (QED) is 0.613. The average molecular weight is 383 g/mol. The maximum absolute atomic E-state index is 12.1. The van der Waals surface area contributed by atoms with Gasteiger partial charge in [-0.05, 0) is 61.4 Å². The zero-order valence-corrected chi connectivity index (χ0v) is 14.9. The Kier molecular flexibility index (Phi) is 4.71. The van der Waals surface area contributed by atoms with Gasteiger partial charge < -0.3 is 4.74 Å². The first-order valence-corrected chi connectivity index (χ1v) is 8.21. The molecule has 4 nitrogen and oxygen atoms in total. The largest absolute Gasteiger partial charge is 0.402 e. The number of ether oxygens (including phenoxy) is 1. The zero-order valence-electron chi connectivity index (χ0n) is 13.3. The van der Waals surface area contributed by atoms with Crippen LogP contribution in [0, 0.1) is 13.8 Å². The molecule has 3 rings (SSSR count). The van der Waals surface area contributed by atoms with Gasteiger partial charge in [0.2, 0.25) is 5.88 Å². The molecule has 0 unspecified atom stereocenters. The highest BCUT2D eigenvalue weighted by Gasteiger charge is 2.10. The first kappa shape index (κ1) is 16.3. The number of carbonyl (C=O) groups excluding carboxylic acids is 1. The van der Waals surface area contributed by atoms with Gasteiger partial charge in [0.1, 0.15) is 0 Å². The lowest BCUT2D eigenvalue weighted by atomic mass is 10.0. The third kappa shape index (κ3) is 3.68. The van der Waals surface area contributed by atoms with Crippen LogP contribution >= 0.6 is 15.9 Å². The first-order chi connectivity index (χ1) is 11.5. The van der Waals surface area contributed by atoms with Crippen LogP contribution in [-0.2, 0) is 0 Å². The van der Waals surface area contributed by atoms with E-state index in [1.165, 1.54) is 11.1 Å². The molecule has 0 aliphatic heterocycles. The monoisotopic (exact) mass is 382 g/mol. The molecule has 24 heavy (non-hydrogen) atoms. The van der Waals surface area contributed by atoms with Crippen molar-refractivity contribution in [3.05, 3.63) is 75.8 Å². The van der Waals surface area contributed by atoms with Gasteiger partial charge in [0.25, 0.3) is 0 Å². The van der Waals surface area contributed by atoms with E-state index < -0.39 is 5.97 Å². The summed E-state index contributed by atoms with van der Waals surface area (Å²) in [5.74, 6) is -0.286. The SMILES string of the molecule is Cc1ccc(-c2ccc(OC(=O)c3ccc(Br)cc3)nn2)cc1C. The van der Waals surface area contributed by atoms with Crippen LogP contribution in [-0.4, -0.2) is 16.2 Å². The molecular formula is C19H15BrN2O2. The molecule has 0 spiro atoms. The number of halogens is 1. The number of aromatic nitrogens is 2. The molecule has 120 valence electrons. The van der Waals surface area contributed by atoms with Crippen LogP contribution in [0.5, 0.6) is 5.88 Å². The van der Waals surface area contributed by atoms with E-state index >= 15 is 0 Å². The van der Waals surface area contributed by atoms with Gasteiger partial charge in [-0.15, -0.1) is 10.2 Å². The maximum Gasteiger partial charge on any atom is 0.344 e. The third-order valence-corrected chi connectivity index (χ3v) is 4.25. The number of benzene rings is 2. The molecule has 1 aromatic heterocycles. The summed E-state index contributed by atoms with van der Waals surface area (Å²) in [7, 11) is 0. The van der Waals surface area contributed by atoms with Gasteiger partial charge >= 0.3 is 5.97 Å². The van der Waals surface area contributed by atoms with Crippen molar-refractivity contribution in [3.63, 3.8) is 0 Å². The molecule has 0 bridgehead atoms. The van der Waals surface area contributed by atoms with Crippen molar-refractivity contribution < 1.29 is 9.53 Å². The predicted molar refractivity (Wildman–Crippen MR) is 96.0 cm³/mol. The number of carbonyl (C=O) groups is 1. The molecule has 0 saturated heterocycles. The van der Waals surface area contributed by atoms with Crippen LogP contribution in [0.4, 0.5) is 0 Å². The van der Waals surface area contributed by atoms with Gasteiger partial charge in [-0.1, -0.05) is 28.1 Å². The average Bonchev–Trinajstić information content (AvgIpc) is 2.58. The van der Waals surface area contributed by atoms with E-state index in [-0.39, 0.29) is 5.88 Å². The molecule has 0 amide bonds. The molecule has 3 aromatic rings. The fourth-order valence-corrected chi connectivity index (χ4v) is 2.43. The van der Waals surface area contributed by atoms with Gasteiger partial charge in [0, 0.05) is 16.1 Å². The van der Waals surface area contributed by atoms with Gasteiger partial charge in [-0.3, -0.25) is 0 Å². The summed E-state index contributed by atoms with van der Waals surface area (Å²) in [5, 5.41) is 8.13. The number of aryl methyl sites for hydroxylation is 2. The minimum Gasteiger partial charge on any atom is -0.402 e. The fraction of sp³-hybridized carbons (Fsp3) is 0.105. The van der Waals surface area contributed by atoms with E-state index in [9.17, 15) is 4.79 Å². The highest BCUT2D eigenvalue weighted by molar-refractivity contribution is 9.10. The van der Waals surface area contributed by atoms with Crippen LogP contribution in [0.2, 0.25) is 0 Å². The van der Waals surface area contributed by atoms with Crippen molar-refractivity contribution in [1.82, 2.24) is 10.2 Å². The van der Waals surface area contributed by atoms with Gasteiger partial charge in [-0.2, -0.15) is 0 Å². The van der Waals surface area contributed by atoms with Crippen molar-refractivity contribution >= 4 is 21.9 Å². The Morgan fingerprint density at radius 3 is 2.29 bits per heavy atom. The zero-order chi connectivity index (χ0) is 17.1. The van der Waals surface area contributed by atoms with Crippen LogP contribution in [0.25, 0.3) is 11.3 Å². The van der Waals surface area contributed by atoms with Crippen LogP contribution < -0.4 is 4.74 Å². The molecule has 0 aliphatic carbocycles. The Labute approximate surface area is 148 Å². The summed E-state index contributed by atoms with van der Waals surface area (Å²) in [4.78, 5) is 12.1. The highest BCUT2D eigenvalue weighted by Crippen LogP contribution is 2.21. The van der Waals surface area contributed by atoms with Crippen molar-refractivity contribution in [3.8, 4) is 17.1 Å². The van der Waals surface area contributed by atoms with Crippen LogP contribution in [0.3, 0.4) is 0 Å². The first-order valence-electron chi connectivity index (χ1n) is 7.42. The minimum absolute atomic E-state index is 0.176. The summed E-state index contributed by atoms with van der Waals surface area (Å²) in [6.45, 7) is 4.12. The minimum atomic E-state index is -0.462. The van der Waals surface area contributed by atoms with Crippen molar-refractivity contribution in [2.45, 2.75) is 13.8 Å².